The molecular formula is C19H15NO6. The molecule has 2 aromatic heterocycles. The zero-order chi connectivity index (χ0) is 18.4. The maximum Gasteiger partial charge on any atom is 0.312 e. The van der Waals surface area contributed by atoms with E-state index in [0.29, 0.717) is 22.4 Å². The van der Waals surface area contributed by atoms with Crippen molar-refractivity contribution in [3.8, 4) is 11.5 Å². The minimum absolute atomic E-state index is 0.112. The van der Waals surface area contributed by atoms with E-state index in [1.807, 2.05) is 0 Å². The number of carbonyl (C=O) groups excluding carboxylic acids is 1. The molecule has 132 valence electrons. The van der Waals surface area contributed by atoms with Crippen molar-refractivity contribution >= 4 is 16.9 Å². The first kappa shape index (κ1) is 16.1. The van der Waals surface area contributed by atoms with Crippen molar-refractivity contribution in [2.75, 3.05) is 7.11 Å². The van der Waals surface area contributed by atoms with Crippen LogP contribution >= 0.6 is 0 Å². The monoisotopic (exact) mass is 353 g/mol. The van der Waals surface area contributed by atoms with Crippen molar-refractivity contribution in [2.24, 2.45) is 0 Å². The van der Waals surface area contributed by atoms with Crippen LogP contribution in [0.2, 0.25) is 0 Å². The van der Waals surface area contributed by atoms with Crippen molar-refractivity contribution in [2.45, 2.75) is 19.3 Å². The average molecular weight is 353 g/mol. The largest absolute Gasteiger partial charge is 0.497 e. The number of esters is 1. The molecule has 0 fully saturated rings. The summed E-state index contributed by atoms with van der Waals surface area (Å²) in [5.41, 5.74) is 0.759. The lowest BCUT2D eigenvalue weighted by atomic mass is 9.87. The summed E-state index contributed by atoms with van der Waals surface area (Å²) in [6, 6.07) is 6.48. The van der Waals surface area contributed by atoms with Gasteiger partial charge in [0.05, 0.1) is 30.7 Å². The molecule has 1 atom stereocenters. The van der Waals surface area contributed by atoms with Crippen LogP contribution in [0.5, 0.6) is 11.5 Å². The lowest BCUT2D eigenvalue weighted by Crippen LogP contribution is -2.30. The molecule has 0 saturated carbocycles. The Kier molecular flexibility index (Phi) is 3.64. The summed E-state index contributed by atoms with van der Waals surface area (Å²) in [6.07, 6.45) is 1.20. The second-order valence-corrected chi connectivity index (χ2v) is 6.17. The molecule has 0 unspecified atom stereocenters. The number of carbonyl (C=O) groups is 1. The number of benzene rings is 1. The summed E-state index contributed by atoms with van der Waals surface area (Å²) in [4.78, 5) is 40.2. The maximum atomic E-state index is 13.0. The summed E-state index contributed by atoms with van der Waals surface area (Å²) in [5, 5.41) is 0.325. The molecule has 0 aliphatic carbocycles. The molecule has 0 saturated heterocycles. The van der Waals surface area contributed by atoms with Gasteiger partial charge in [-0.05, 0) is 25.1 Å². The fourth-order valence-electron chi connectivity index (χ4n) is 3.27. The van der Waals surface area contributed by atoms with E-state index < -0.39 is 11.9 Å². The molecule has 0 radical (unpaired) electrons. The topological polar surface area (TPSA) is 98.6 Å². The molecule has 1 N–H and O–H groups in total. The van der Waals surface area contributed by atoms with Crippen LogP contribution in [-0.2, 0) is 4.79 Å². The SMILES string of the molecule is COc1ccc2occ([C@H]3CC(=O)Oc4cc(C)[nH]c(=O)c43)c(=O)c2c1. The van der Waals surface area contributed by atoms with E-state index in [2.05, 4.69) is 4.98 Å². The van der Waals surface area contributed by atoms with Crippen LogP contribution in [0, 0.1) is 6.92 Å². The van der Waals surface area contributed by atoms with Gasteiger partial charge in [-0.25, -0.2) is 0 Å². The standard InChI is InChI=1S/C19H15NO6/c1-9-5-15-17(19(23)20-9)11(7-16(21)26-15)13-8-25-14-4-3-10(24-2)6-12(14)18(13)22/h3-6,8,11H,7H2,1-2H3,(H,20,23)/t11-/m1/s1. The highest BCUT2D eigenvalue weighted by Crippen LogP contribution is 2.36. The van der Waals surface area contributed by atoms with Crippen LogP contribution in [-0.4, -0.2) is 18.1 Å². The lowest BCUT2D eigenvalue weighted by Gasteiger charge is -2.23. The van der Waals surface area contributed by atoms with Gasteiger partial charge in [0.25, 0.3) is 5.56 Å². The molecular weight excluding hydrogens is 338 g/mol. The van der Waals surface area contributed by atoms with Crippen LogP contribution in [0.25, 0.3) is 11.0 Å². The van der Waals surface area contributed by atoms with Gasteiger partial charge >= 0.3 is 5.97 Å². The summed E-state index contributed by atoms with van der Waals surface area (Å²) in [7, 11) is 1.50. The molecule has 1 aromatic carbocycles. The first-order valence-electron chi connectivity index (χ1n) is 8.02. The minimum Gasteiger partial charge on any atom is -0.497 e. The Balaban J connectivity index is 1.97. The number of aromatic amines is 1. The van der Waals surface area contributed by atoms with E-state index >= 15 is 0 Å². The Bertz CT molecular complexity index is 1160. The average Bonchev–Trinajstić information content (AvgIpc) is 2.60. The highest BCUT2D eigenvalue weighted by Gasteiger charge is 2.33. The zero-order valence-electron chi connectivity index (χ0n) is 14.1. The van der Waals surface area contributed by atoms with Gasteiger partial charge in [-0.1, -0.05) is 0 Å². The molecule has 7 heteroatoms. The summed E-state index contributed by atoms with van der Waals surface area (Å²) >= 11 is 0. The normalized spacial score (nSPS) is 16.2. The van der Waals surface area contributed by atoms with Crippen LogP contribution in [0.15, 0.2) is 44.5 Å². The molecule has 3 heterocycles. The number of H-pyrrole nitrogens is 1. The summed E-state index contributed by atoms with van der Waals surface area (Å²) in [6.45, 7) is 1.69. The predicted octanol–water partition coefficient (Wildman–Crippen LogP) is 2.24. The number of aromatic nitrogens is 1. The first-order valence-corrected chi connectivity index (χ1v) is 8.02. The second-order valence-electron chi connectivity index (χ2n) is 6.17. The smallest absolute Gasteiger partial charge is 0.312 e. The number of rotatable bonds is 2. The molecule has 0 spiro atoms. The van der Waals surface area contributed by atoms with Crippen LogP contribution in [0.4, 0.5) is 0 Å². The molecule has 0 bridgehead atoms. The number of aryl methyl sites for hydroxylation is 1. The van der Waals surface area contributed by atoms with Crippen molar-refractivity contribution < 1.29 is 18.7 Å². The van der Waals surface area contributed by atoms with Gasteiger partial charge in [-0.3, -0.25) is 14.4 Å². The molecule has 1 aliphatic rings. The molecule has 26 heavy (non-hydrogen) atoms. The molecule has 3 aromatic rings. The van der Waals surface area contributed by atoms with E-state index in [-0.39, 0.29) is 34.3 Å². The quantitative estimate of drug-likeness (QED) is 0.710. The highest BCUT2D eigenvalue weighted by molar-refractivity contribution is 5.81. The van der Waals surface area contributed by atoms with Gasteiger partial charge in [-0.15, -0.1) is 0 Å². The molecule has 4 rings (SSSR count). The Morgan fingerprint density at radius 1 is 1.19 bits per heavy atom. The Hall–Kier alpha value is -3.35. The predicted molar refractivity (Wildman–Crippen MR) is 92.9 cm³/mol. The number of methoxy groups -OCH3 is 1. The van der Waals surface area contributed by atoms with E-state index in [1.165, 1.54) is 13.4 Å². The van der Waals surface area contributed by atoms with E-state index in [9.17, 15) is 14.4 Å². The summed E-state index contributed by atoms with van der Waals surface area (Å²) < 4.78 is 15.9. The fourth-order valence-corrected chi connectivity index (χ4v) is 3.27. The molecule has 1 aliphatic heterocycles. The van der Waals surface area contributed by atoms with Crippen molar-refractivity contribution in [3.63, 3.8) is 0 Å². The third-order valence-corrected chi connectivity index (χ3v) is 4.49. The summed E-state index contributed by atoms with van der Waals surface area (Å²) in [5.74, 6) is -0.545. The maximum absolute atomic E-state index is 13.0. The molecule has 7 nitrogen and oxygen atoms in total. The van der Waals surface area contributed by atoms with Gasteiger partial charge < -0.3 is 18.9 Å². The highest BCUT2D eigenvalue weighted by atomic mass is 16.5. The number of fused-ring (bicyclic) bond motifs is 2. The van der Waals surface area contributed by atoms with Crippen molar-refractivity contribution in [1.29, 1.82) is 0 Å². The van der Waals surface area contributed by atoms with Crippen LogP contribution < -0.4 is 20.5 Å². The molecule has 0 amide bonds. The van der Waals surface area contributed by atoms with E-state index in [4.69, 9.17) is 13.9 Å². The Labute approximate surface area is 147 Å². The van der Waals surface area contributed by atoms with Gasteiger partial charge in [0, 0.05) is 23.2 Å². The Morgan fingerprint density at radius 2 is 2.00 bits per heavy atom. The third kappa shape index (κ3) is 2.48. The van der Waals surface area contributed by atoms with Crippen molar-refractivity contribution in [1.82, 2.24) is 4.98 Å². The number of hydrogen-bond acceptors (Lipinski definition) is 6. The number of hydrogen-bond donors (Lipinski definition) is 1. The fraction of sp³-hybridized carbons (Fsp3) is 0.211. The number of pyridine rings is 1. The lowest BCUT2D eigenvalue weighted by molar-refractivity contribution is -0.135. The number of nitrogens with one attached hydrogen (secondary N) is 1. The third-order valence-electron chi connectivity index (χ3n) is 4.49. The minimum atomic E-state index is -0.734. The van der Waals surface area contributed by atoms with Gasteiger partial charge in [0.15, 0.2) is 5.43 Å². The second kappa shape index (κ2) is 5.87. The van der Waals surface area contributed by atoms with Gasteiger partial charge in [0.1, 0.15) is 17.1 Å². The van der Waals surface area contributed by atoms with Gasteiger partial charge in [-0.2, -0.15) is 0 Å². The van der Waals surface area contributed by atoms with Crippen molar-refractivity contribution in [3.05, 3.63) is 67.9 Å². The number of ether oxygens (including phenoxy) is 2. The first-order chi connectivity index (χ1) is 12.5. The van der Waals surface area contributed by atoms with Crippen LogP contribution in [0.3, 0.4) is 0 Å². The van der Waals surface area contributed by atoms with Gasteiger partial charge in [0.2, 0.25) is 0 Å². The van der Waals surface area contributed by atoms with E-state index in [1.54, 1.807) is 31.2 Å². The zero-order valence-corrected chi connectivity index (χ0v) is 14.1. The van der Waals surface area contributed by atoms with Crippen LogP contribution in [0.1, 0.15) is 29.2 Å². The Morgan fingerprint density at radius 3 is 2.77 bits per heavy atom. The van der Waals surface area contributed by atoms with E-state index in [0.717, 1.165) is 0 Å².